The molecule has 1 aliphatic rings. The van der Waals surface area contributed by atoms with E-state index in [0.29, 0.717) is 48.0 Å². The topological polar surface area (TPSA) is 62.6 Å². The fourth-order valence-corrected chi connectivity index (χ4v) is 2.99. The molecule has 0 radical (unpaired) electrons. The van der Waals surface area contributed by atoms with Crippen molar-refractivity contribution in [1.29, 1.82) is 5.26 Å². The summed E-state index contributed by atoms with van der Waals surface area (Å²) >= 11 is 6.03. The van der Waals surface area contributed by atoms with Crippen molar-refractivity contribution in [2.24, 2.45) is 0 Å². The Hall–Kier alpha value is -2.71. The summed E-state index contributed by atoms with van der Waals surface area (Å²) in [6.07, 6.45) is 1.08. The lowest BCUT2D eigenvalue weighted by atomic mass is 10.1. The average molecular weight is 401 g/mol. The molecule has 2 aromatic rings. The van der Waals surface area contributed by atoms with Gasteiger partial charge >= 0.3 is 6.09 Å². The molecule has 0 aromatic heterocycles. The van der Waals surface area contributed by atoms with Gasteiger partial charge in [-0.05, 0) is 31.2 Å². The predicted octanol–water partition coefficient (Wildman–Crippen LogP) is 5.59. The van der Waals surface area contributed by atoms with Crippen molar-refractivity contribution in [1.82, 2.24) is 4.90 Å². The zero-order valence-electron chi connectivity index (χ0n) is 16.4. The maximum atomic E-state index is 12.2. The Bertz CT molecular complexity index is 823. The van der Waals surface area contributed by atoms with E-state index in [1.54, 1.807) is 35.2 Å². The third kappa shape index (κ3) is 5.90. The van der Waals surface area contributed by atoms with Crippen molar-refractivity contribution in [3.05, 3.63) is 58.6 Å². The first-order valence-electron chi connectivity index (χ1n) is 9.45. The molecule has 1 heterocycles. The summed E-state index contributed by atoms with van der Waals surface area (Å²) in [6.45, 7) is 7.12. The number of hydrogen-bond donors (Lipinski definition) is 0. The Balaban J connectivity index is 0.00000136. The highest BCUT2D eigenvalue weighted by atomic mass is 35.5. The minimum absolute atomic E-state index is 0.00225. The number of piperidine rings is 1. The van der Waals surface area contributed by atoms with E-state index in [1.165, 1.54) is 0 Å². The van der Waals surface area contributed by atoms with Gasteiger partial charge in [0, 0.05) is 32.0 Å². The van der Waals surface area contributed by atoms with Crippen LogP contribution < -0.4 is 9.47 Å². The van der Waals surface area contributed by atoms with Crippen LogP contribution in [0.4, 0.5) is 4.79 Å². The maximum Gasteiger partial charge on any atom is 0.415 e. The quantitative estimate of drug-likeness (QED) is 0.673. The molecule has 5 nitrogen and oxygen atoms in total. The van der Waals surface area contributed by atoms with Crippen molar-refractivity contribution >= 4 is 17.7 Å². The van der Waals surface area contributed by atoms with Crippen LogP contribution in [0.15, 0.2) is 42.5 Å². The SMILES string of the molecule is CC.Cc1ccc(OC(=O)N2CCC(Oc3ccc(C#N)c(Cl)c3)CC2)cc1. The van der Waals surface area contributed by atoms with Crippen LogP contribution in [0.25, 0.3) is 0 Å². The van der Waals surface area contributed by atoms with Gasteiger partial charge in [-0.15, -0.1) is 0 Å². The highest BCUT2D eigenvalue weighted by molar-refractivity contribution is 6.31. The number of nitriles is 1. The van der Waals surface area contributed by atoms with Gasteiger partial charge in [0.2, 0.25) is 0 Å². The Morgan fingerprint density at radius 3 is 2.29 bits per heavy atom. The molecule has 0 bridgehead atoms. The van der Waals surface area contributed by atoms with Gasteiger partial charge in [-0.25, -0.2) is 4.79 Å². The normalized spacial score (nSPS) is 13.8. The fraction of sp³-hybridized carbons (Fsp3) is 0.364. The second-order valence-corrected chi connectivity index (χ2v) is 6.65. The molecule has 0 N–H and O–H groups in total. The first kappa shape index (κ1) is 21.6. The summed E-state index contributed by atoms with van der Waals surface area (Å²) < 4.78 is 11.3. The third-order valence-electron chi connectivity index (χ3n) is 4.29. The van der Waals surface area contributed by atoms with Crippen LogP contribution >= 0.6 is 11.6 Å². The average Bonchev–Trinajstić information content (AvgIpc) is 2.72. The van der Waals surface area contributed by atoms with Crippen molar-refractivity contribution in [2.45, 2.75) is 39.7 Å². The van der Waals surface area contributed by atoms with E-state index in [4.69, 9.17) is 26.3 Å². The number of hydrogen-bond acceptors (Lipinski definition) is 4. The van der Waals surface area contributed by atoms with Gasteiger partial charge in [-0.3, -0.25) is 0 Å². The Morgan fingerprint density at radius 2 is 1.71 bits per heavy atom. The zero-order chi connectivity index (χ0) is 20.5. The number of carbonyl (C=O) groups is 1. The lowest BCUT2D eigenvalue weighted by molar-refractivity contribution is 0.0930. The molecule has 0 unspecified atom stereocenters. The molecule has 3 rings (SSSR count). The molecule has 0 spiro atoms. The molecule has 6 heteroatoms. The minimum Gasteiger partial charge on any atom is -0.490 e. The van der Waals surface area contributed by atoms with E-state index < -0.39 is 0 Å². The van der Waals surface area contributed by atoms with Crippen LogP contribution in [0.3, 0.4) is 0 Å². The standard InChI is InChI=1S/C20H19ClN2O3.C2H6/c1-14-2-5-16(6-3-14)26-20(24)23-10-8-17(9-11-23)25-18-7-4-15(13-22)19(21)12-18;1-2/h2-7,12,17H,8-11H2,1H3;1-2H3. The number of ether oxygens (including phenoxy) is 2. The van der Waals surface area contributed by atoms with E-state index >= 15 is 0 Å². The Kier molecular flexibility index (Phi) is 8.16. The van der Waals surface area contributed by atoms with Gasteiger partial charge in [0.05, 0.1) is 10.6 Å². The van der Waals surface area contributed by atoms with E-state index in [-0.39, 0.29) is 12.2 Å². The molecule has 148 valence electrons. The van der Waals surface area contributed by atoms with Gasteiger partial charge < -0.3 is 14.4 Å². The van der Waals surface area contributed by atoms with Gasteiger partial charge in [-0.1, -0.05) is 43.1 Å². The highest BCUT2D eigenvalue weighted by Gasteiger charge is 2.25. The number of rotatable bonds is 3. The molecule has 1 amide bonds. The van der Waals surface area contributed by atoms with Crippen LogP contribution in [0.1, 0.15) is 37.8 Å². The van der Waals surface area contributed by atoms with Crippen LogP contribution in [-0.2, 0) is 0 Å². The van der Waals surface area contributed by atoms with Crippen LogP contribution in [-0.4, -0.2) is 30.2 Å². The van der Waals surface area contributed by atoms with Crippen molar-refractivity contribution in [3.63, 3.8) is 0 Å². The van der Waals surface area contributed by atoms with E-state index in [2.05, 4.69) is 0 Å². The number of amides is 1. The van der Waals surface area contributed by atoms with Crippen LogP contribution in [0, 0.1) is 18.3 Å². The third-order valence-corrected chi connectivity index (χ3v) is 4.60. The molecular weight excluding hydrogens is 376 g/mol. The lowest BCUT2D eigenvalue weighted by Crippen LogP contribution is -2.43. The molecule has 0 saturated carbocycles. The number of carbonyl (C=O) groups excluding carboxylic acids is 1. The summed E-state index contributed by atoms with van der Waals surface area (Å²) in [5.74, 6) is 1.18. The smallest absolute Gasteiger partial charge is 0.415 e. The zero-order valence-corrected chi connectivity index (χ0v) is 17.2. The largest absolute Gasteiger partial charge is 0.490 e. The summed E-state index contributed by atoms with van der Waals surface area (Å²) in [5.41, 5.74) is 1.54. The fourth-order valence-electron chi connectivity index (χ4n) is 2.78. The minimum atomic E-state index is -0.339. The number of benzene rings is 2. The van der Waals surface area contributed by atoms with E-state index in [9.17, 15) is 4.79 Å². The predicted molar refractivity (Wildman–Crippen MR) is 110 cm³/mol. The summed E-state index contributed by atoms with van der Waals surface area (Å²) in [7, 11) is 0. The van der Waals surface area contributed by atoms with Gasteiger partial charge in [0.1, 0.15) is 23.7 Å². The second-order valence-electron chi connectivity index (χ2n) is 6.24. The summed E-state index contributed by atoms with van der Waals surface area (Å²) in [5, 5.41) is 9.29. The van der Waals surface area contributed by atoms with Crippen molar-refractivity contribution in [2.75, 3.05) is 13.1 Å². The lowest BCUT2D eigenvalue weighted by Gasteiger charge is -2.31. The molecule has 0 aliphatic carbocycles. The number of halogens is 1. The molecule has 1 saturated heterocycles. The Morgan fingerprint density at radius 1 is 1.11 bits per heavy atom. The van der Waals surface area contributed by atoms with Gasteiger partial charge in [0.25, 0.3) is 0 Å². The monoisotopic (exact) mass is 400 g/mol. The van der Waals surface area contributed by atoms with Crippen LogP contribution in [0.5, 0.6) is 11.5 Å². The van der Waals surface area contributed by atoms with E-state index in [0.717, 1.165) is 5.56 Å². The number of nitrogens with zero attached hydrogens (tertiary/aromatic N) is 2. The number of likely N-dealkylation sites (tertiary alicyclic amines) is 1. The van der Waals surface area contributed by atoms with Crippen LogP contribution in [0.2, 0.25) is 5.02 Å². The molecule has 1 aliphatic heterocycles. The first-order chi connectivity index (χ1) is 13.5. The first-order valence-corrected chi connectivity index (χ1v) is 9.82. The second kappa shape index (κ2) is 10.6. The van der Waals surface area contributed by atoms with Crippen molar-refractivity contribution < 1.29 is 14.3 Å². The summed E-state index contributed by atoms with van der Waals surface area (Å²) in [4.78, 5) is 13.9. The van der Waals surface area contributed by atoms with Crippen molar-refractivity contribution in [3.8, 4) is 17.6 Å². The van der Waals surface area contributed by atoms with Gasteiger partial charge in [-0.2, -0.15) is 5.26 Å². The molecule has 0 atom stereocenters. The van der Waals surface area contributed by atoms with Gasteiger partial charge in [0.15, 0.2) is 0 Å². The summed E-state index contributed by atoms with van der Waals surface area (Å²) in [6, 6.07) is 14.5. The highest BCUT2D eigenvalue weighted by Crippen LogP contribution is 2.25. The van der Waals surface area contributed by atoms with E-state index in [1.807, 2.05) is 39.0 Å². The molecule has 2 aromatic carbocycles. The molecule has 28 heavy (non-hydrogen) atoms. The molecular formula is C22H25ClN2O3. The number of aryl methyl sites for hydroxylation is 1. The molecule has 1 fully saturated rings. The maximum absolute atomic E-state index is 12.2. The Labute approximate surface area is 171 Å².